The molecule has 0 aromatic heterocycles. The highest BCUT2D eigenvalue weighted by molar-refractivity contribution is 7.91. The van der Waals surface area contributed by atoms with E-state index < -0.39 is 25.1 Å². The third-order valence-electron chi connectivity index (χ3n) is 4.62. The van der Waals surface area contributed by atoms with Crippen molar-refractivity contribution in [1.82, 2.24) is 4.31 Å². The van der Waals surface area contributed by atoms with Gasteiger partial charge in [-0.15, -0.1) is 0 Å². The number of sulfone groups is 1. The molecule has 2 aliphatic rings. The highest BCUT2D eigenvalue weighted by atomic mass is 35.5. The van der Waals surface area contributed by atoms with Crippen LogP contribution in [0, 0.1) is 0 Å². The molecule has 2 heterocycles. The Hall–Kier alpha value is -0.630. The number of halogens is 1. The summed E-state index contributed by atoms with van der Waals surface area (Å²) in [5.41, 5.74) is 0. The maximum atomic E-state index is 12.9. The molecule has 2 unspecified atom stereocenters. The highest BCUT2D eigenvalue weighted by Gasteiger charge is 2.49. The van der Waals surface area contributed by atoms with Gasteiger partial charge in [-0.2, -0.15) is 4.31 Å². The molecule has 0 aliphatic carbocycles. The van der Waals surface area contributed by atoms with Crippen LogP contribution in [0.4, 0.5) is 0 Å². The summed E-state index contributed by atoms with van der Waals surface area (Å²) < 4.78 is 50.9. The van der Waals surface area contributed by atoms with E-state index in [9.17, 15) is 16.8 Å². The predicted molar refractivity (Wildman–Crippen MR) is 85.2 cm³/mol. The molecule has 0 spiro atoms. The summed E-state index contributed by atoms with van der Waals surface area (Å²) in [6.07, 6.45) is 3.40. The molecule has 0 amide bonds. The average Bonchev–Trinajstić information content (AvgIpc) is 2.70. The molecule has 2 atom stereocenters. The van der Waals surface area contributed by atoms with Crippen LogP contribution < -0.4 is 0 Å². The third-order valence-corrected chi connectivity index (χ3v) is 8.72. The van der Waals surface area contributed by atoms with Crippen LogP contribution >= 0.6 is 11.6 Å². The number of piperidine rings is 1. The summed E-state index contributed by atoms with van der Waals surface area (Å²) in [6, 6.07) is 5.88. The van der Waals surface area contributed by atoms with Crippen molar-refractivity contribution in [2.24, 2.45) is 0 Å². The maximum Gasteiger partial charge on any atom is 0.245 e. The molecule has 22 heavy (non-hydrogen) atoms. The van der Waals surface area contributed by atoms with Crippen molar-refractivity contribution < 1.29 is 16.8 Å². The van der Waals surface area contributed by atoms with Crippen molar-refractivity contribution in [1.29, 1.82) is 0 Å². The second-order valence-corrected chi connectivity index (χ2v) is 10.6. The summed E-state index contributed by atoms with van der Waals surface area (Å²) in [7, 11) is -6.83. The van der Waals surface area contributed by atoms with Crippen molar-refractivity contribution in [2.75, 3.05) is 6.26 Å². The molecule has 8 heteroatoms. The van der Waals surface area contributed by atoms with Gasteiger partial charge in [0.1, 0.15) is 14.7 Å². The zero-order chi connectivity index (χ0) is 16.1. The van der Waals surface area contributed by atoms with Crippen LogP contribution in [0.25, 0.3) is 0 Å². The smallest absolute Gasteiger partial charge is 0.229 e. The monoisotopic (exact) mass is 363 g/mol. The van der Waals surface area contributed by atoms with E-state index in [0.717, 1.165) is 0 Å². The zero-order valence-electron chi connectivity index (χ0n) is 12.1. The number of rotatable bonds is 3. The Morgan fingerprint density at radius 1 is 1.05 bits per heavy atom. The molecular formula is C14H18ClNO4S2. The minimum atomic E-state index is -3.69. The number of hydrogen-bond acceptors (Lipinski definition) is 4. The molecule has 1 aromatic carbocycles. The summed E-state index contributed by atoms with van der Waals surface area (Å²) in [5.74, 6) is 0. The number of sulfonamides is 1. The van der Waals surface area contributed by atoms with Crippen LogP contribution in [0.2, 0.25) is 5.02 Å². The van der Waals surface area contributed by atoms with Gasteiger partial charge in [-0.05, 0) is 37.8 Å². The van der Waals surface area contributed by atoms with Crippen LogP contribution in [-0.4, -0.2) is 44.7 Å². The molecule has 3 rings (SSSR count). The van der Waals surface area contributed by atoms with Gasteiger partial charge in [-0.25, -0.2) is 16.8 Å². The van der Waals surface area contributed by atoms with Gasteiger partial charge in [-0.3, -0.25) is 0 Å². The van der Waals surface area contributed by atoms with Crippen molar-refractivity contribution in [3.05, 3.63) is 29.3 Å². The summed E-state index contributed by atoms with van der Waals surface area (Å²) >= 11 is 6.04. The van der Waals surface area contributed by atoms with Crippen molar-refractivity contribution in [3.8, 4) is 0 Å². The molecule has 2 saturated heterocycles. The molecule has 0 saturated carbocycles. The topological polar surface area (TPSA) is 71.5 Å². The quantitative estimate of drug-likeness (QED) is 0.824. The van der Waals surface area contributed by atoms with E-state index in [0.29, 0.717) is 25.7 Å². The maximum absolute atomic E-state index is 12.9. The molecule has 5 nitrogen and oxygen atoms in total. The summed E-state index contributed by atoms with van der Waals surface area (Å²) in [5, 5.41) is -0.241. The number of fused-ring (bicyclic) bond motifs is 2. The van der Waals surface area contributed by atoms with Gasteiger partial charge in [0.15, 0.2) is 0 Å². The van der Waals surface area contributed by atoms with E-state index in [1.165, 1.54) is 16.6 Å². The van der Waals surface area contributed by atoms with Gasteiger partial charge in [0.2, 0.25) is 10.0 Å². The second kappa shape index (κ2) is 5.47. The largest absolute Gasteiger partial charge is 0.245 e. The van der Waals surface area contributed by atoms with Gasteiger partial charge >= 0.3 is 0 Å². The van der Waals surface area contributed by atoms with Crippen molar-refractivity contribution in [2.45, 2.75) is 47.9 Å². The lowest BCUT2D eigenvalue weighted by Gasteiger charge is -2.37. The second-order valence-electron chi connectivity index (χ2n) is 6.07. The van der Waals surface area contributed by atoms with E-state index in [1.807, 2.05) is 0 Å². The summed E-state index contributed by atoms with van der Waals surface area (Å²) in [4.78, 5) is 0.103. The van der Waals surface area contributed by atoms with Crippen LogP contribution in [0.15, 0.2) is 29.2 Å². The first-order valence-electron chi connectivity index (χ1n) is 7.18. The van der Waals surface area contributed by atoms with Crippen LogP contribution in [0.1, 0.15) is 25.7 Å². The number of benzene rings is 1. The molecule has 0 N–H and O–H groups in total. The predicted octanol–water partition coefficient (Wildman–Crippen LogP) is 2.07. The first-order valence-corrected chi connectivity index (χ1v) is 11.0. The Labute approximate surface area is 136 Å². The lowest BCUT2D eigenvalue weighted by molar-refractivity contribution is 0.249. The fraction of sp³-hybridized carbons (Fsp3) is 0.571. The lowest BCUT2D eigenvalue weighted by atomic mass is 10.1. The number of hydrogen-bond donors (Lipinski definition) is 0. The van der Waals surface area contributed by atoms with Gasteiger partial charge in [0.05, 0.1) is 10.3 Å². The molecule has 2 fully saturated rings. The Kier molecular flexibility index (Phi) is 4.04. The molecule has 122 valence electrons. The normalized spacial score (nSPS) is 29.6. The van der Waals surface area contributed by atoms with Gasteiger partial charge in [0.25, 0.3) is 0 Å². The minimum absolute atomic E-state index is 0.103. The highest BCUT2D eigenvalue weighted by Crippen LogP contribution is 2.42. The Morgan fingerprint density at radius 3 is 2.09 bits per heavy atom. The fourth-order valence-electron chi connectivity index (χ4n) is 3.59. The standard InChI is InChI=1S/C14H18ClNO4S2/c1-21(17,18)12-8-10-6-7-11(9-12)16(10)22(19,20)14-5-3-2-4-13(14)15/h2-5,10-12H,6-9H2,1H3. The average molecular weight is 364 g/mol. The van der Waals surface area contributed by atoms with E-state index in [-0.39, 0.29) is 22.0 Å². The lowest BCUT2D eigenvalue weighted by Crippen LogP contribution is -2.49. The van der Waals surface area contributed by atoms with E-state index >= 15 is 0 Å². The molecule has 2 aliphatic heterocycles. The first kappa shape index (κ1) is 16.2. The van der Waals surface area contributed by atoms with Crippen molar-refractivity contribution in [3.63, 3.8) is 0 Å². The fourth-order valence-corrected chi connectivity index (χ4v) is 7.13. The SMILES string of the molecule is CS(=O)(=O)C1CC2CCC(C1)N2S(=O)(=O)c1ccccc1Cl. The van der Waals surface area contributed by atoms with Gasteiger partial charge in [-0.1, -0.05) is 23.7 Å². The third kappa shape index (κ3) is 2.68. The van der Waals surface area contributed by atoms with Gasteiger partial charge in [0, 0.05) is 18.3 Å². The van der Waals surface area contributed by atoms with Crippen molar-refractivity contribution >= 4 is 31.5 Å². The van der Waals surface area contributed by atoms with E-state index in [2.05, 4.69) is 0 Å². The van der Waals surface area contributed by atoms with E-state index in [4.69, 9.17) is 11.6 Å². The zero-order valence-corrected chi connectivity index (χ0v) is 14.5. The molecule has 2 bridgehead atoms. The molecule has 1 aromatic rings. The first-order chi connectivity index (χ1) is 10.2. The summed E-state index contributed by atoms with van der Waals surface area (Å²) in [6.45, 7) is 0. The van der Waals surface area contributed by atoms with Gasteiger partial charge < -0.3 is 0 Å². The Balaban J connectivity index is 1.96. The van der Waals surface area contributed by atoms with Crippen LogP contribution in [-0.2, 0) is 19.9 Å². The van der Waals surface area contributed by atoms with Crippen LogP contribution in [0.5, 0.6) is 0 Å². The molecular weight excluding hydrogens is 346 g/mol. The molecule has 0 radical (unpaired) electrons. The number of nitrogens with zero attached hydrogens (tertiary/aromatic N) is 1. The van der Waals surface area contributed by atoms with E-state index in [1.54, 1.807) is 18.2 Å². The Bertz CT molecular complexity index is 777. The minimum Gasteiger partial charge on any atom is -0.229 e. The van der Waals surface area contributed by atoms with Crippen LogP contribution in [0.3, 0.4) is 0 Å². The Morgan fingerprint density at radius 2 is 1.59 bits per heavy atom.